The van der Waals surface area contributed by atoms with E-state index in [1.54, 1.807) is 0 Å². The smallest absolute Gasteiger partial charge is 0.484 e. The Bertz CT molecular complexity index is 792. The van der Waals surface area contributed by atoms with Crippen molar-refractivity contribution in [2.45, 2.75) is 17.7 Å². The second kappa shape index (κ2) is 7.13. The van der Waals surface area contributed by atoms with Gasteiger partial charge in [-0.2, -0.15) is 30.7 Å². The van der Waals surface area contributed by atoms with Gasteiger partial charge in [0.2, 0.25) is 0 Å². The van der Waals surface area contributed by atoms with Gasteiger partial charge in [0, 0.05) is 11.3 Å². The molecule has 0 aliphatic carbocycles. The Kier molecular flexibility index (Phi) is 6.12. The van der Waals surface area contributed by atoms with Gasteiger partial charge in [-0.25, -0.2) is 8.42 Å². The zero-order chi connectivity index (χ0) is 20.6. The van der Waals surface area contributed by atoms with Gasteiger partial charge in [0.15, 0.2) is 0 Å². The van der Waals surface area contributed by atoms with E-state index >= 15 is 0 Å². The lowest BCUT2D eigenvalue weighted by Crippen LogP contribution is -2.59. The number of sulfonamides is 1. The Balaban J connectivity index is 3.34. The summed E-state index contributed by atoms with van der Waals surface area (Å²) >= 11 is -4.88. The van der Waals surface area contributed by atoms with Crippen molar-refractivity contribution in [2.75, 3.05) is 0 Å². The number of hydrogen-bond donors (Lipinski definition) is 0. The Hall–Kier alpha value is -1.71. The molecule has 0 N–H and O–H groups in total. The summed E-state index contributed by atoms with van der Waals surface area (Å²) in [5.41, 5.74) is 0.324. The zero-order valence-corrected chi connectivity index (χ0v) is 13.7. The highest BCUT2D eigenvalue weighted by molar-refractivity contribution is 8.00. The molecule has 0 aliphatic heterocycles. The molecule has 0 fully saturated rings. The van der Waals surface area contributed by atoms with Gasteiger partial charge >= 0.3 is 27.7 Å². The van der Waals surface area contributed by atoms with Crippen LogP contribution in [0.4, 0.5) is 30.7 Å². The third-order valence-corrected chi connectivity index (χ3v) is 5.55. The van der Waals surface area contributed by atoms with E-state index in [0.29, 0.717) is 17.7 Å². The number of rotatable bonds is 7. The van der Waals surface area contributed by atoms with Crippen molar-refractivity contribution in [1.82, 2.24) is 3.71 Å². The summed E-state index contributed by atoms with van der Waals surface area (Å²) in [6.45, 7) is 3.31. The number of ether oxygens (including phenoxy) is 1. The minimum Gasteiger partial charge on any atom is -0.759 e. The molecule has 1 unspecified atom stereocenters. The van der Waals surface area contributed by atoms with Crippen LogP contribution in [-0.2, 0) is 21.3 Å². The molecule has 6 nitrogen and oxygen atoms in total. The first-order valence-electron chi connectivity index (χ1n) is 5.96. The largest absolute Gasteiger partial charge is 0.759 e. The van der Waals surface area contributed by atoms with Crippen LogP contribution in [0.3, 0.4) is 0 Å². The molecule has 0 heterocycles. The lowest BCUT2D eigenvalue weighted by atomic mass is 10.2. The van der Waals surface area contributed by atoms with Gasteiger partial charge < -0.3 is 9.29 Å². The summed E-state index contributed by atoms with van der Waals surface area (Å²) in [6.07, 6.45) is -11.3. The molecule has 0 saturated heterocycles. The van der Waals surface area contributed by atoms with Crippen LogP contribution in [0, 0.1) is 0 Å². The molecule has 0 spiro atoms. The molecule has 0 aromatic heterocycles. The Morgan fingerprint density at radius 2 is 1.54 bits per heavy atom. The first-order chi connectivity index (χ1) is 11.6. The molecule has 1 aromatic rings. The predicted octanol–water partition coefficient (Wildman–Crippen LogP) is 2.84. The topological polar surface area (TPSA) is 86.7 Å². The lowest BCUT2D eigenvalue weighted by Gasteiger charge is -2.32. The van der Waals surface area contributed by atoms with Crippen molar-refractivity contribution < 1.29 is 52.6 Å². The molecular weight excluding hydrogens is 423 g/mol. The van der Waals surface area contributed by atoms with Gasteiger partial charge in [-0.15, -0.1) is 0 Å². The molecular formula is C11H7F7NO5S2-. The SMILES string of the molecule is C=Cc1ccc(OC(F)(F)C(F)(F)S(=O)(=O)N(S(=O)[O-])C(F)(F)F)cc1. The van der Waals surface area contributed by atoms with Crippen LogP contribution in [0.15, 0.2) is 30.8 Å². The van der Waals surface area contributed by atoms with Gasteiger partial charge in [-0.05, 0) is 21.4 Å². The highest BCUT2D eigenvalue weighted by atomic mass is 32.3. The average Bonchev–Trinajstić information content (AvgIpc) is 2.44. The van der Waals surface area contributed by atoms with Crippen LogP contribution in [0.5, 0.6) is 5.75 Å². The van der Waals surface area contributed by atoms with Crippen molar-refractivity contribution in [1.29, 1.82) is 0 Å². The summed E-state index contributed by atoms with van der Waals surface area (Å²) in [5.74, 6) is -1.03. The number of hydrogen-bond acceptors (Lipinski definition) is 5. The maximum Gasteiger partial charge on any atom is 0.484 e. The predicted molar refractivity (Wildman–Crippen MR) is 72.8 cm³/mol. The number of alkyl halides is 7. The Labute approximate surface area is 144 Å². The monoisotopic (exact) mass is 430 g/mol. The van der Waals surface area contributed by atoms with E-state index in [0.717, 1.165) is 12.1 Å². The van der Waals surface area contributed by atoms with Crippen LogP contribution >= 0.6 is 0 Å². The lowest BCUT2D eigenvalue weighted by molar-refractivity contribution is -0.276. The van der Waals surface area contributed by atoms with Gasteiger partial charge in [-0.3, -0.25) is 4.21 Å². The molecule has 26 heavy (non-hydrogen) atoms. The zero-order valence-electron chi connectivity index (χ0n) is 12.0. The van der Waals surface area contributed by atoms with Crippen molar-refractivity contribution in [3.05, 3.63) is 36.4 Å². The molecule has 0 saturated carbocycles. The van der Waals surface area contributed by atoms with E-state index in [4.69, 9.17) is 0 Å². The maximum atomic E-state index is 13.7. The number of benzene rings is 1. The van der Waals surface area contributed by atoms with E-state index in [1.807, 2.05) is 0 Å². The van der Waals surface area contributed by atoms with Crippen molar-refractivity contribution >= 4 is 27.4 Å². The van der Waals surface area contributed by atoms with E-state index in [9.17, 15) is 47.9 Å². The first kappa shape index (κ1) is 22.3. The second-order valence-electron chi connectivity index (χ2n) is 4.33. The maximum absolute atomic E-state index is 13.7. The summed E-state index contributed by atoms with van der Waals surface area (Å²) in [5, 5.41) is -6.59. The summed E-state index contributed by atoms with van der Waals surface area (Å²) in [7, 11) is -7.48. The summed E-state index contributed by atoms with van der Waals surface area (Å²) < 4.78 is 136. The minimum absolute atomic E-state index is 0.324. The van der Waals surface area contributed by atoms with E-state index < -0.39 is 48.4 Å². The standard InChI is InChI=1S/C11H8F7NO5S2/c1-2-7-3-5-8(6-4-7)24-9(12,13)10(14,15)26(22,23)19(25(20)21)11(16,17)18/h2-6H,1H2,(H,20,21)/p-1. The Morgan fingerprint density at radius 1 is 1.08 bits per heavy atom. The van der Waals surface area contributed by atoms with Crippen molar-refractivity contribution in [2.24, 2.45) is 0 Å². The van der Waals surface area contributed by atoms with Gasteiger partial charge in [-0.1, -0.05) is 24.8 Å². The molecule has 1 atom stereocenters. The molecule has 0 bridgehead atoms. The molecule has 15 heteroatoms. The fourth-order valence-corrected chi connectivity index (χ4v) is 3.35. The molecule has 1 aromatic carbocycles. The number of nitrogens with zero attached hydrogens (tertiary/aromatic N) is 1. The normalized spacial score (nSPS) is 15.0. The van der Waals surface area contributed by atoms with Crippen LogP contribution in [-0.4, -0.2) is 38.6 Å². The van der Waals surface area contributed by atoms with Crippen LogP contribution < -0.4 is 4.74 Å². The third kappa shape index (κ3) is 4.16. The van der Waals surface area contributed by atoms with Crippen LogP contribution in [0.2, 0.25) is 0 Å². The average molecular weight is 430 g/mol. The number of halogens is 7. The van der Waals surface area contributed by atoms with E-state index in [1.165, 1.54) is 6.08 Å². The van der Waals surface area contributed by atoms with E-state index in [-0.39, 0.29) is 0 Å². The molecule has 148 valence electrons. The highest BCUT2D eigenvalue weighted by Crippen LogP contribution is 2.44. The molecule has 0 aliphatic rings. The third-order valence-electron chi connectivity index (χ3n) is 2.59. The van der Waals surface area contributed by atoms with Crippen molar-refractivity contribution in [3.8, 4) is 5.75 Å². The Morgan fingerprint density at radius 3 is 1.88 bits per heavy atom. The van der Waals surface area contributed by atoms with Gasteiger partial charge in [0.05, 0.1) is 0 Å². The van der Waals surface area contributed by atoms with Gasteiger partial charge in [0.1, 0.15) is 5.75 Å². The molecule has 0 amide bonds. The minimum atomic E-state index is -7.48. The van der Waals surface area contributed by atoms with Gasteiger partial charge in [0.25, 0.3) is 0 Å². The van der Waals surface area contributed by atoms with Crippen molar-refractivity contribution in [3.63, 3.8) is 0 Å². The first-order valence-corrected chi connectivity index (χ1v) is 8.43. The highest BCUT2D eigenvalue weighted by Gasteiger charge is 2.73. The second-order valence-corrected chi connectivity index (χ2v) is 7.18. The fourth-order valence-electron chi connectivity index (χ4n) is 1.43. The van der Waals surface area contributed by atoms with E-state index in [2.05, 4.69) is 11.3 Å². The quantitative estimate of drug-likeness (QED) is 0.377. The molecule has 1 rings (SSSR count). The summed E-state index contributed by atoms with van der Waals surface area (Å²) in [6, 6.07) is 3.45. The summed E-state index contributed by atoms with van der Waals surface area (Å²) in [4.78, 5) is 0. The van der Waals surface area contributed by atoms with Crippen LogP contribution in [0.1, 0.15) is 5.56 Å². The van der Waals surface area contributed by atoms with Crippen LogP contribution in [0.25, 0.3) is 6.08 Å². The fraction of sp³-hybridized carbons (Fsp3) is 0.273. The molecule has 0 radical (unpaired) electrons.